The van der Waals surface area contributed by atoms with Crippen molar-refractivity contribution in [2.45, 2.75) is 25.8 Å². The zero-order chi connectivity index (χ0) is 18.1. The minimum absolute atomic E-state index is 0.0696. The van der Waals surface area contributed by atoms with E-state index in [1.807, 2.05) is 18.2 Å². The van der Waals surface area contributed by atoms with Crippen LogP contribution in [0.5, 0.6) is 0 Å². The molecule has 1 fully saturated rings. The predicted octanol–water partition coefficient (Wildman–Crippen LogP) is 5.80. The topological polar surface area (TPSA) is 36.4 Å². The third-order valence-electron chi connectivity index (χ3n) is 5.34. The summed E-state index contributed by atoms with van der Waals surface area (Å²) in [5.74, 6) is 1.10. The molecule has 2 aromatic carbocycles. The quantitative estimate of drug-likeness (QED) is 0.550. The molecule has 0 radical (unpaired) electrons. The summed E-state index contributed by atoms with van der Waals surface area (Å²) >= 11 is 13.6. The van der Waals surface area contributed by atoms with Crippen LogP contribution in [0.1, 0.15) is 24.0 Å². The maximum Gasteiger partial charge on any atom is 0.108 e. The number of benzene rings is 2. The highest BCUT2D eigenvalue weighted by molar-refractivity contribution is 9.11. The summed E-state index contributed by atoms with van der Waals surface area (Å²) in [5, 5.41) is 7.91. The number of halogens is 3. The molecule has 1 spiro atoms. The summed E-state index contributed by atoms with van der Waals surface area (Å²) in [7, 11) is 0. The Balaban J connectivity index is 1.72. The molecule has 0 bridgehead atoms. The monoisotopic (exact) mass is 495 g/mol. The molecule has 2 N–H and O–H groups in total. The number of amidine groups is 1. The lowest BCUT2D eigenvalue weighted by Gasteiger charge is -2.43. The molecule has 2 heterocycles. The molecule has 136 valence electrons. The van der Waals surface area contributed by atoms with E-state index in [0.29, 0.717) is 6.54 Å². The van der Waals surface area contributed by atoms with Gasteiger partial charge in [-0.3, -0.25) is 4.99 Å². The molecule has 0 atom stereocenters. The zero-order valence-electron chi connectivity index (χ0n) is 14.3. The molecule has 0 aromatic heterocycles. The van der Waals surface area contributed by atoms with E-state index < -0.39 is 0 Å². The van der Waals surface area contributed by atoms with E-state index in [9.17, 15) is 0 Å². The average Bonchev–Trinajstić information content (AvgIpc) is 2.64. The van der Waals surface area contributed by atoms with E-state index in [0.717, 1.165) is 63.4 Å². The molecule has 2 aliphatic rings. The van der Waals surface area contributed by atoms with E-state index >= 15 is 0 Å². The molecular formula is C20H20Br2ClN3. The Bertz CT molecular complexity index is 860. The number of piperidine rings is 1. The molecule has 3 nitrogen and oxygen atoms in total. The molecule has 0 aliphatic carbocycles. The van der Waals surface area contributed by atoms with E-state index in [-0.39, 0.29) is 5.41 Å². The Kier molecular flexibility index (Phi) is 5.42. The number of nitrogens with one attached hydrogen (secondary N) is 2. The first-order valence-electron chi connectivity index (χ1n) is 8.81. The lowest BCUT2D eigenvalue weighted by Crippen LogP contribution is -2.49. The summed E-state index contributed by atoms with van der Waals surface area (Å²) in [6, 6.07) is 12.1. The maximum absolute atomic E-state index is 6.13. The van der Waals surface area contributed by atoms with Gasteiger partial charge in [0.1, 0.15) is 5.84 Å². The van der Waals surface area contributed by atoms with Crippen molar-refractivity contribution in [2.75, 3.05) is 18.4 Å². The number of rotatable bonds is 2. The molecule has 0 unspecified atom stereocenters. The Hall–Kier alpha value is -0.880. The van der Waals surface area contributed by atoms with Crippen LogP contribution in [0.15, 0.2) is 50.3 Å². The van der Waals surface area contributed by atoms with Gasteiger partial charge < -0.3 is 10.6 Å². The highest BCUT2D eigenvalue weighted by atomic mass is 79.9. The number of aliphatic imine (C=N–C) groups is 1. The summed E-state index contributed by atoms with van der Waals surface area (Å²) in [6.45, 7) is 2.69. The Morgan fingerprint density at radius 2 is 1.85 bits per heavy atom. The number of fused-ring (bicyclic) bond motifs is 1. The standard InChI is InChI=1S/C20H20Br2ClN3/c21-16-4-5-17(22)18-15(16)11-20(6-8-24-9-7-20)19(26-18)25-12-13-2-1-3-14(23)10-13/h1-5,10,24H,6-9,11-12H2,(H,25,26). The third-order valence-corrected chi connectivity index (χ3v) is 6.97. The largest absolute Gasteiger partial charge is 0.342 e. The minimum atomic E-state index is 0.0696. The summed E-state index contributed by atoms with van der Waals surface area (Å²) in [4.78, 5) is 5.02. The normalized spacial score (nSPS) is 20.0. The summed E-state index contributed by atoms with van der Waals surface area (Å²) < 4.78 is 2.24. The highest BCUT2D eigenvalue weighted by Crippen LogP contribution is 2.45. The Labute approximate surface area is 175 Å². The predicted molar refractivity (Wildman–Crippen MR) is 116 cm³/mol. The van der Waals surface area contributed by atoms with Crippen LogP contribution < -0.4 is 10.6 Å². The first-order chi connectivity index (χ1) is 12.6. The third kappa shape index (κ3) is 3.59. The molecule has 0 saturated carbocycles. The maximum atomic E-state index is 6.13. The molecule has 4 rings (SSSR count). The Morgan fingerprint density at radius 3 is 2.62 bits per heavy atom. The van der Waals surface area contributed by atoms with E-state index in [1.54, 1.807) is 0 Å². The van der Waals surface area contributed by atoms with Crippen molar-refractivity contribution in [1.29, 1.82) is 0 Å². The van der Waals surface area contributed by atoms with Crippen molar-refractivity contribution in [3.8, 4) is 0 Å². The van der Waals surface area contributed by atoms with Crippen LogP contribution in [0.2, 0.25) is 5.02 Å². The smallest absolute Gasteiger partial charge is 0.108 e. The van der Waals surface area contributed by atoms with E-state index in [2.05, 4.69) is 60.7 Å². The highest BCUT2D eigenvalue weighted by Gasteiger charge is 2.42. The van der Waals surface area contributed by atoms with Gasteiger partial charge in [0.05, 0.1) is 12.2 Å². The van der Waals surface area contributed by atoms with Gasteiger partial charge in [-0.25, -0.2) is 0 Å². The van der Waals surface area contributed by atoms with Crippen molar-refractivity contribution in [3.05, 3.63) is 61.5 Å². The van der Waals surface area contributed by atoms with Crippen LogP contribution in [-0.4, -0.2) is 18.9 Å². The van der Waals surface area contributed by atoms with Crippen molar-refractivity contribution in [1.82, 2.24) is 5.32 Å². The second-order valence-electron chi connectivity index (χ2n) is 7.01. The fourth-order valence-corrected chi connectivity index (χ4v) is 5.06. The van der Waals surface area contributed by atoms with Gasteiger partial charge in [0.15, 0.2) is 0 Å². The number of hydrogen-bond donors (Lipinski definition) is 2. The van der Waals surface area contributed by atoms with Gasteiger partial charge in [-0.2, -0.15) is 0 Å². The van der Waals surface area contributed by atoms with Crippen LogP contribution in [0.4, 0.5) is 5.69 Å². The van der Waals surface area contributed by atoms with Crippen LogP contribution >= 0.6 is 43.5 Å². The number of anilines is 1. The number of hydrogen-bond acceptors (Lipinski definition) is 2. The molecule has 26 heavy (non-hydrogen) atoms. The van der Waals surface area contributed by atoms with E-state index in [4.69, 9.17) is 16.6 Å². The fourth-order valence-electron chi connectivity index (χ4n) is 3.91. The lowest BCUT2D eigenvalue weighted by atomic mass is 9.71. The van der Waals surface area contributed by atoms with Gasteiger partial charge in [0, 0.05) is 19.4 Å². The number of nitrogens with zero attached hydrogens (tertiary/aromatic N) is 1. The Morgan fingerprint density at radius 1 is 1.08 bits per heavy atom. The van der Waals surface area contributed by atoms with Crippen molar-refractivity contribution < 1.29 is 0 Å². The fraction of sp³-hybridized carbons (Fsp3) is 0.350. The van der Waals surface area contributed by atoms with Gasteiger partial charge in [0.25, 0.3) is 0 Å². The van der Waals surface area contributed by atoms with Gasteiger partial charge in [-0.15, -0.1) is 0 Å². The molecule has 2 aromatic rings. The molecule has 0 amide bonds. The average molecular weight is 498 g/mol. The summed E-state index contributed by atoms with van der Waals surface area (Å²) in [6.07, 6.45) is 3.19. The molecular weight excluding hydrogens is 478 g/mol. The van der Waals surface area contributed by atoms with Gasteiger partial charge >= 0.3 is 0 Å². The van der Waals surface area contributed by atoms with Crippen LogP contribution in [0.3, 0.4) is 0 Å². The van der Waals surface area contributed by atoms with Crippen LogP contribution in [0, 0.1) is 5.41 Å². The minimum Gasteiger partial charge on any atom is -0.342 e. The van der Waals surface area contributed by atoms with E-state index in [1.165, 1.54) is 5.56 Å². The van der Waals surface area contributed by atoms with Crippen LogP contribution in [0.25, 0.3) is 0 Å². The molecule has 2 aliphatic heterocycles. The first-order valence-corrected chi connectivity index (χ1v) is 10.8. The second-order valence-corrected chi connectivity index (χ2v) is 9.15. The second kappa shape index (κ2) is 7.63. The lowest BCUT2D eigenvalue weighted by molar-refractivity contribution is 0.292. The van der Waals surface area contributed by atoms with Crippen molar-refractivity contribution >= 4 is 55.0 Å². The zero-order valence-corrected chi connectivity index (χ0v) is 18.2. The first kappa shape index (κ1) is 18.5. The van der Waals surface area contributed by atoms with Gasteiger partial charge in [-0.05, 0) is 83.7 Å². The van der Waals surface area contributed by atoms with Crippen molar-refractivity contribution in [3.63, 3.8) is 0 Å². The summed E-state index contributed by atoms with van der Waals surface area (Å²) in [5.41, 5.74) is 3.67. The van der Waals surface area contributed by atoms with Crippen molar-refractivity contribution in [2.24, 2.45) is 10.4 Å². The SMILES string of the molecule is Clc1cccc(CN=C2Nc3c(Br)ccc(Br)c3CC23CCNCC3)c1. The molecule has 1 saturated heterocycles. The van der Waals surface area contributed by atoms with Gasteiger partial charge in [-0.1, -0.05) is 39.7 Å². The van der Waals surface area contributed by atoms with Crippen LogP contribution in [-0.2, 0) is 13.0 Å². The van der Waals surface area contributed by atoms with Gasteiger partial charge in [0.2, 0.25) is 0 Å². The molecule has 6 heteroatoms.